The lowest BCUT2D eigenvalue weighted by Crippen LogP contribution is -2.28. The molecule has 0 saturated carbocycles. The molecule has 1 aliphatic rings. The molecule has 8 nitrogen and oxygen atoms in total. The van der Waals surface area contributed by atoms with Crippen molar-refractivity contribution in [2.24, 2.45) is 5.73 Å². The molecule has 4 rings (SSSR count). The highest BCUT2D eigenvalue weighted by atomic mass is 19.4. The van der Waals surface area contributed by atoms with E-state index in [-0.39, 0.29) is 23.3 Å². The van der Waals surface area contributed by atoms with Crippen LogP contribution in [-0.4, -0.2) is 39.4 Å². The van der Waals surface area contributed by atoms with E-state index in [9.17, 15) is 22.8 Å². The Hall–Kier alpha value is -4.02. The fourth-order valence-electron chi connectivity index (χ4n) is 3.25. The summed E-state index contributed by atoms with van der Waals surface area (Å²) in [4.78, 5) is 35.8. The molecular weight excluding hydrogens is 439 g/mol. The zero-order valence-electron chi connectivity index (χ0n) is 17.1. The van der Waals surface area contributed by atoms with Crippen molar-refractivity contribution >= 4 is 11.8 Å². The molecule has 1 atom stereocenters. The molecule has 2 aromatic heterocycles. The van der Waals surface area contributed by atoms with Gasteiger partial charge in [-0.25, -0.2) is 4.98 Å². The van der Waals surface area contributed by atoms with Crippen molar-refractivity contribution in [3.8, 4) is 17.3 Å². The van der Waals surface area contributed by atoms with Crippen LogP contribution < -0.4 is 15.8 Å². The van der Waals surface area contributed by atoms with Gasteiger partial charge in [0, 0.05) is 42.9 Å². The summed E-state index contributed by atoms with van der Waals surface area (Å²) in [6.45, 7) is 0.485. The number of hydrogen-bond acceptors (Lipinski definition) is 6. The van der Waals surface area contributed by atoms with Gasteiger partial charge in [0.25, 0.3) is 11.8 Å². The second kappa shape index (κ2) is 8.85. The van der Waals surface area contributed by atoms with E-state index in [1.807, 2.05) is 0 Å². The van der Waals surface area contributed by atoms with Gasteiger partial charge in [0.2, 0.25) is 5.88 Å². The Balaban J connectivity index is 1.54. The van der Waals surface area contributed by atoms with E-state index in [4.69, 9.17) is 10.5 Å². The third-order valence-electron chi connectivity index (χ3n) is 4.97. The molecule has 0 radical (unpaired) electrons. The van der Waals surface area contributed by atoms with Crippen molar-refractivity contribution in [1.82, 2.24) is 20.3 Å². The van der Waals surface area contributed by atoms with Crippen LogP contribution in [0.2, 0.25) is 0 Å². The van der Waals surface area contributed by atoms with Gasteiger partial charge in [-0.05, 0) is 17.7 Å². The number of hydrogen-bond donors (Lipinski definition) is 2. The van der Waals surface area contributed by atoms with E-state index in [0.717, 1.165) is 17.8 Å². The number of rotatable bonds is 6. The Morgan fingerprint density at radius 1 is 1.15 bits per heavy atom. The number of aromatic nitrogens is 3. The number of pyridine rings is 1. The molecule has 33 heavy (non-hydrogen) atoms. The van der Waals surface area contributed by atoms with Crippen LogP contribution in [0.15, 0.2) is 48.7 Å². The fourth-order valence-corrected chi connectivity index (χ4v) is 3.25. The number of ether oxygens (including phenoxy) is 1. The predicted octanol–water partition coefficient (Wildman–Crippen LogP) is 2.51. The summed E-state index contributed by atoms with van der Waals surface area (Å²) in [5, 5.41) is 2.65. The zero-order chi connectivity index (χ0) is 23.6. The highest BCUT2D eigenvalue weighted by Gasteiger charge is 2.30. The number of carbonyl (C=O) groups excluding carboxylic acids is 2. The quantitative estimate of drug-likeness (QED) is 0.587. The van der Waals surface area contributed by atoms with Crippen LogP contribution in [0.4, 0.5) is 13.2 Å². The van der Waals surface area contributed by atoms with Crippen molar-refractivity contribution in [3.05, 3.63) is 71.2 Å². The number of amides is 2. The normalized spacial score (nSPS) is 15.8. The largest absolute Gasteiger partial charge is 0.464 e. The Bertz CT molecular complexity index is 1180. The van der Waals surface area contributed by atoms with Crippen LogP contribution in [-0.2, 0) is 17.4 Å². The molecule has 3 aromatic rings. The maximum Gasteiger partial charge on any atom is 0.417 e. The van der Waals surface area contributed by atoms with Crippen molar-refractivity contribution in [2.45, 2.75) is 25.1 Å². The molecule has 0 aliphatic carbocycles. The summed E-state index contributed by atoms with van der Waals surface area (Å²) in [6, 6.07) is 10.5. The van der Waals surface area contributed by atoms with Crippen LogP contribution >= 0.6 is 0 Å². The molecule has 3 N–H and O–H groups in total. The second-order valence-corrected chi connectivity index (χ2v) is 7.38. The first-order chi connectivity index (χ1) is 15.7. The molecule has 1 saturated heterocycles. The van der Waals surface area contributed by atoms with Crippen molar-refractivity contribution in [1.29, 1.82) is 0 Å². The van der Waals surface area contributed by atoms with E-state index in [1.165, 1.54) is 12.1 Å². The number of nitrogens with zero attached hydrogens (tertiary/aromatic N) is 3. The highest BCUT2D eigenvalue weighted by Crippen LogP contribution is 2.28. The molecule has 1 aromatic carbocycles. The lowest BCUT2D eigenvalue weighted by Gasteiger charge is -2.12. The first-order valence-electron chi connectivity index (χ1n) is 9.94. The summed E-state index contributed by atoms with van der Waals surface area (Å²) >= 11 is 0. The highest BCUT2D eigenvalue weighted by molar-refractivity contribution is 5.91. The minimum Gasteiger partial charge on any atom is -0.464 e. The molecule has 11 heteroatoms. The van der Waals surface area contributed by atoms with Gasteiger partial charge in [-0.1, -0.05) is 24.3 Å². The average Bonchev–Trinajstić information content (AvgIpc) is 3.18. The zero-order valence-corrected chi connectivity index (χ0v) is 17.1. The maximum atomic E-state index is 12.7. The van der Waals surface area contributed by atoms with Gasteiger partial charge in [-0.15, -0.1) is 0 Å². The van der Waals surface area contributed by atoms with E-state index in [0.29, 0.717) is 30.6 Å². The van der Waals surface area contributed by atoms with Crippen LogP contribution in [0.1, 0.15) is 33.7 Å². The van der Waals surface area contributed by atoms with E-state index < -0.39 is 23.8 Å². The first kappa shape index (κ1) is 22.2. The molecule has 3 heterocycles. The molecule has 170 valence electrons. The number of primary amides is 1. The summed E-state index contributed by atoms with van der Waals surface area (Å²) in [5.41, 5.74) is 6.34. The van der Waals surface area contributed by atoms with Crippen LogP contribution in [0.5, 0.6) is 5.88 Å². The van der Waals surface area contributed by atoms with Gasteiger partial charge in [-0.2, -0.15) is 18.2 Å². The molecule has 1 aliphatic heterocycles. The number of nitrogens with two attached hydrogens (primary N) is 1. The maximum absolute atomic E-state index is 12.7. The molecule has 1 fully saturated rings. The number of benzene rings is 1. The Labute approximate surface area is 186 Å². The average molecular weight is 457 g/mol. The monoisotopic (exact) mass is 457 g/mol. The number of nitrogens with one attached hydrogen (secondary N) is 1. The summed E-state index contributed by atoms with van der Waals surface area (Å²) in [7, 11) is 0. The Kier molecular flexibility index (Phi) is 5.95. The predicted molar refractivity (Wildman–Crippen MR) is 110 cm³/mol. The van der Waals surface area contributed by atoms with Gasteiger partial charge >= 0.3 is 6.18 Å². The topological polar surface area (TPSA) is 120 Å². The van der Waals surface area contributed by atoms with Gasteiger partial charge < -0.3 is 15.8 Å². The molecule has 0 spiro atoms. The van der Waals surface area contributed by atoms with Crippen molar-refractivity contribution in [2.75, 3.05) is 6.54 Å². The molecule has 0 unspecified atom stereocenters. The minimum atomic E-state index is -4.43. The Morgan fingerprint density at radius 3 is 2.48 bits per heavy atom. The molecule has 0 bridgehead atoms. The summed E-state index contributed by atoms with van der Waals surface area (Å²) in [5.74, 6) is -0.811. The number of halogens is 3. The van der Waals surface area contributed by atoms with E-state index >= 15 is 0 Å². The first-order valence-corrected chi connectivity index (χ1v) is 9.94. The van der Waals surface area contributed by atoms with E-state index in [2.05, 4.69) is 20.3 Å². The second-order valence-electron chi connectivity index (χ2n) is 7.38. The molecular formula is C22H18F3N5O3. The SMILES string of the molecule is NC(=O)c1cc(O[C@H]2CCNC2=O)nc(-c2ccc(Cc3ccc(C(F)(F)F)cn3)cc2)n1. The van der Waals surface area contributed by atoms with Crippen molar-refractivity contribution < 1.29 is 27.5 Å². The van der Waals surface area contributed by atoms with Gasteiger partial charge in [-0.3, -0.25) is 14.6 Å². The number of alkyl halides is 3. The lowest BCUT2D eigenvalue weighted by molar-refractivity contribution is -0.137. The minimum absolute atomic E-state index is 0.0499. The van der Waals surface area contributed by atoms with Gasteiger partial charge in [0.15, 0.2) is 11.9 Å². The van der Waals surface area contributed by atoms with Gasteiger partial charge in [0.1, 0.15) is 5.69 Å². The molecule has 2 amide bonds. The van der Waals surface area contributed by atoms with Crippen LogP contribution in [0, 0.1) is 0 Å². The van der Waals surface area contributed by atoms with Crippen LogP contribution in [0.3, 0.4) is 0 Å². The number of carbonyl (C=O) groups is 2. The third-order valence-corrected chi connectivity index (χ3v) is 4.97. The fraction of sp³-hybridized carbons (Fsp3) is 0.227. The standard InChI is InChI=1S/C22H18F3N5O3/c23-22(24,25)14-5-6-15(28-11-14)9-12-1-3-13(4-2-12)20-29-16(19(26)31)10-18(30-20)33-17-7-8-27-21(17)32/h1-6,10-11,17H,7-9H2,(H2,26,31)(H,27,32)/t17-/m0/s1. The van der Waals surface area contributed by atoms with Crippen molar-refractivity contribution in [3.63, 3.8) is 0 Å². The summed E-state index contributed by atoms with van der Waals surface area (Å²) in [6.07, 6.45) is -3.55. The van der Waals surface area contributed by atoms with E-state index in [1.54, 1.807) is 24.3 Å². The smallest absolute Gasteiger partial charge is 0.417 e. The lowest BCUT2D eigenvalue weighted by atomic mass is 10.1. The Morgan fingerprint density at radius 2 is 1.91 bits per heavy atom. The third kappa shape index (κ3) is 5.25. The van der Waals surface area contributed by atoms with Gasteiger partial charge in [0.05, 0.1) is 5.56 Å². The van der Waals surface area contributed by atoms with Crippen LogP contribution in [0.25, 0.3) is 11.4 Å². The summed E-state index contributed by atoms with van der Waals surface area (Å²) < 4.78 is 43.7.